The third-order valence-corrected chi connectivity index (χ3v) is 3.61. The number of H-pyrrole nitrogens is 1. The number of rotatable bonds is 2. The van der Waals surface area contributed by atoms with Gasteiger partial charge >= 0.3 is 0 Å². The van der Waals surface area contributed by atoms with Gasteiger partial charge in [0.05, 0.1) is 28.9 Å². The van der Waals surface area contributed by atoms with Gasteiger partial charge in [0.15, 0.2) is 4.77 Å². The van der Waals surface area contributed by atoms with Gasteiger partial charge in [0.25, 0.3) is 0 Å². The number of benzene rings is 2. The molecule has 0 saturated carbocycles. The number of fused-ring (bicyclic) bond motifs is 1. The first-order valence-corrected chi connectivity index (χ1v) is 6.63. The van der Waals surface area contributed by atoms with E-state index in [4.69, 9.17) is 28.6 Å². The van der Waals surface area contributed by atoms with Crippen LogP contribution in [0.2, 0.25) is 5.02 Å². The van der Waals surface area contributed by atoms with E-state index in [0.29, 0.717) is 16.0 Å². The highest BCUT2D eigenvalue weighted by atomic mass is 35.5. The van der Waals surface area contributed by atoms with Crippen LogP contribution in [0.15, 0.2) is 36.4 Å². The number of hydrogen-bond acceptors (Lipinski definition) is 2. The zero-order valence-electron chi connectivity index (χ0n) is 10.5. The molecule has 0 bridgehead atoms. The van der Waals surface area contributed by atoms with Gasteiger partial charge in [0.2, 0.25) is 0 Å². The van der Waals surface area contributed by atoms with Crippen LogP contribution in [0.1, 0.15) is 0 Å². The Kier molecular flexibility index (Phi) is 3.23. The van der Waals surface area contributed by atoms with Crippen molar-refractivity contribution in [2.75, 3.05) is 7.11 Å². The van der Waals surface area contributed by atoms with E-state index in [1.54, 1.807) is 17.7 Å². The molecule has 0 atom stereocenters. The second-order valence-corrected chi connectivity index (χ2v) is 5.04. The van der Waals surface area contributed by atoms with Crippen LogP contribution in [0.5, 0.6) is 5.75 Å². The third-order valence-electron chi connectivity index (χ3n) is 3.04. The first kappa shape index (κ1) is 13.1. The lowest BCUT2D eigenvalue weighted by Gasteiger charge is -2.07. The van der Waals surface area contributed by atoms with Gasteiger partial charge in [0, 0.05) is 12.1 Å². The number of aromatic amines is 1. The molecule has 0 fully saturated rings. The van der Waals surface area contributed by atoms with Crippen molar-refractivity contribution >= 4 is 34.9 Å². The van der Waals surface area contributed by atoms with Crippen LogP contribution in [-0.4, -0.2) is 16.7 Å². The van der Waals surface area contributed by atoms with Crippen molar-refractivity contribution in [3.8, 4) is 11.4 Å². The van der Waals surface area contributed by atoms with Gasteiger partial charge in [-0.1, -0.05) is 17.7 Å². The van der Waals surface area contributed by atoms with E-state index in [0.717, 1.165) is 11.2 Å². The maximum atomic E-state index is 13.5. The molecule has 1 heterocycles. The van der Waals surface area contributed by atoms with E-state index in [-0.39, 0.29) is 5.02 Å². The van der Waals surface area contributed by atoms with Crippen molar-refractivity contribution in [2.24, 2.45) is 0 Å². The van der Waals surface area contributed by atoms with Crippen molar-refractivity contribution < 1.29 is 9.13 Å². The molecule has 3 aromatic rings. The molecule has 6 heteroatoms. The highest BCUT2D eigenvalue weighted by Crippen LogP contribution is 2.26. The highest BCUT2D eigenvalue weighted by Gasteiger charge is 2.10. The molecule has 0 aliphatic heterocycles. The van der Waals surface area contributed by atoms with Gasteiger partial charge in [0.1, 0.15) is 11.6 Å². The first-order chi connectivity index (χ1) is 9.60. The van der Waals surface area contributed by atoms with Gasteiger partial charge in [-0.25, -0.2) is 4.39 Å². The predicted molar refractivity (Wildman–Crippen MR) is 80.0 cm³/mol. The smallest absolute Gasteiger partial charge is 0.182 e. The topological polar surface area (TPSA) is 29.9 Å². The van der Waals surface area contributed by atoms with Gasteiger partial charge in [-0.3, -0.25) is 4.57 Å². The number of nitrogens with one attached hydrogen (secondary N) is 1. The minimum Gasteiger partial charge on any atom is -0.497 e. The molecule has 1 N–H and O–H groups in total. The molecule has 0 amide bonds. The Bertz CT molecular complexity index is 856. The van der Waals surface area contributed by atoms with Crippen LogP contribution >= 0.6 is 23.8 Å². The minimum absolute atomic E-state index is 0.0585. The summed E-state index contributed by atoms with van der Waals surface area (Å²) in [7, 11) is 1.60. The van der Waals surface area contributed by atoms with E-state index < -0.39 is 5.82 Å². The summed E-state index contributed by atoms with van der Waals surface area (Å²) in [5.74, 6) is 0.236. The lowest BCUT2D eigenvalue weighted by atomic mass is 10.2. The molecule has 0 spiro atoms. The van der Waals surface area contributed by atoms with E-state index in [1.165, 1.54) is 6.07 Å². The molecule has 0 aliphatic carbocycles. The zero-order chi connectivity index (χ0) is 14.3. The van der Waals surface area contributed by atoms with Crippen molar-refractivity contribution in [1.82, 2.24) is 9.55 Å². The Morgan fingerprint density at radius 3 is 2.85 bits per heavy atom. The summed E-state index contributed by atoms with van der Waals surface area (Å²) in [4.78, 5) is 2.97. The van der Waals surface area contributed by atoms with Crippen molar-refractivity contribution in [1.29, 1.82) is 0 Å². The predicted octanol–water partition coefficient (Wildman–Crippen LogP) is 4.49. The van der Waals surface area contributed by atoms with Crippen LogP contribution in [0, 0.1) is 10.6 Å². The summed E-state index contributed by atoms with van der Waals surface area (Å²) in [5.41, 5.74) is 2.14. The highest BCUT2D eigenvalue weighted by molar-refractivity contribution is 7.71. The standard InChI is InChI=1S/C14H10ClFN2OS/c1-19-9-4-2-3-8(5-9)18-13-6-10(15)11(16)7-12(13)17-14(18)20/h2-7H,1H3,(H,17,20). The van der Waals surface area contributed by atoms with Crippen LogP contribution in [0.25, 0.3) is 16.7 Å². The molecular formula is C14H10ClFN2OS. The Labute approximate surface area is 124 Å². The van der Waals surface area contributed by atoms with Crippen LogP contribution in [-0.2, 0) is 0 Å². The number of ether oxygens (including phenoxy) is 1. The number of imidazole rings is 1. The molecule has 0 aliphatic rings. The van der Waals surface area contributed by atoms with Crippen molar-refractivity contribution in [3.05, 3.63) is 52.0 Å². The fourth-order valence-electron chi connectivity index (χ4n) is 2.11. The van der Waals surface area contributed by atoms with E-state index >= 15 is 0 Å². The number of methoxy groups -OCH3 is 1. The third kappa shape index (κ3) is 2.09. The SMILES string of the molecule is COc1cccc(-n2c(=S)[nH]c3cc(F)c(Cl)cc32)c1. The van der Waals surface area contributed by atoms with Gasteiger partial charge < -0.3 is 9.72 Å². The average molecular weight is 309 g/mol. The normalized spacial score (nSPS) is 10.9. The fraction of sp³-hybridized carbons (Fsp3) is 0.0714. The monoisotopic (exact) mass is 308 g/mol. The van der Waals surface area contributed by atoms with Gasteiger partial charge in [-0.05, 0) is 30.4 Å². The molecule has 0 unspecified atom stereocenters. The van der Waals surface area contributed by atoms with Crippen LogP contribution in [0.4, 0.5) is 4.39 Å². The van der Waals surface area contributed by atoms with E-state index in [9.17, 15) is 4.39 Å². The Morgan fingerprint density at radius 2 is 2.10 bits per heavy atom. The lowest BCUT2D eigenvalue weighted by Crippen LogP contribution is -1.95. The van der Waals surface area contributed by atoms with Crippen LogP contribution in [0.3, 0.4) is 0 Å². The molecule has 2 aromatic carbocycles. The van der Waals surface area contributed by atoms with Gasteiger partial charge in [-0.15, -0.1) is 0 Å². The molecule has 1 aromatic heterocycles. The summed E-state index contributed by atoms with van der Waals surface area (Å²) in [5, 5.41) is 0.0585. The summed E-state index contributed by atoms with van der Waals surface area (Å²) in [6.07, 6.45) is 0. The molecule has 0 radical (unpaired) electrons. The maximum absolute atomic E-state index is 13.5. The summed E-state index contributed by atoms with van der Waals surface area (Å²) >= 11 is 11.2. The molecule has 3 nitrogen and oxygen atoms in total. The molecule has 0 saturated heterocycles. The number of nitrogens with zero attached hydrogens (tertiary/aromatic N) is 1. The Hall–Kier alpha value is -1.85. The van der Waals surface area contributed by atoms with E-state index in [2.05, 4.69) is 4.98 Å². The second-order valence-electron chi connectivity index (χ2n) is 4.25. The molecule has 20 heavy (non-hydrogen) atoms. The number of halogens is 2. The van der Waals surface area contributed by atoms with Crippen LogP contribution < -0.4 is 4.74 Å². The quantitative estimate of drug-likeness (QED) is 0.707. The first-order valence-electron chi connectivity index (χ1n) is 5.84. The summed E-state index contributed by atoms with van der Waals surface area (Å²) in [6, 6.07) is 10.3. The number of aromatic nitrogens is 2. The molecular weight excluding hydrogens is 299 g/mol. The molecule has 3 rings (SSSR count). The van der Waals surface area contributed by atoms with Gasteiger partial charge in [-0.2, -0.15) is 0 Å². The summed E-state index contributed by atoms with van der Waals surface area (Å²) in [6.45, 7) is 0. The Morgan fingerprint density at radius 1 is 1.30 bits per heavy atom. The maximum Gasteiger partial charge on any atom is 0.182 e. The Balaban J connectivity index is 2.32. The van der Waals surface area contributed by atoms with Crippen molar-refractivity contribution in [3.63, 3.8) is 0 Å². The fourth-order valence-corrected chi connectivity index (χ4v) is 2.58. The minimum atomic E-state index is -0.479. The average Bonchev–Trinajstić information content (AvgIpc) is 2.74. The zero-order valence-corrected chi connectivity index (χ0v) is 12.1. The van der Waals surface area contributed by atoms with E-state index in [1.807, 2.05) is 24.3 Å². The second kappa shape index (κ2) is 4.92. The molecule has 102 valence electrons. The largest absolute Gasteiger partial charge is 0.497 e. The van der Waals surface area contributed by atoms with Crippen molar-refractivity contribution in [2.45, 2.75) is 0 Å². The number of hydrogen-bond donors (Lipinski definition) is 1. The lowest BCUT2D eigenvalue weighted by molar-refractivity contribution is 0.414. The summed E-state index contributed by atoms with van der Waals surface area (Å²) < 4.78 is 21.0.